The second kappa shape index (κ2) is 6.33. The third-order valence-electron chi connectivity index (χ3n) is 2.77. The Bertz CT molecular complexity index is 647. The van der Waals surface area contributed by atoms with Crippen molar-refractivity contribution in [2.24, 2.45) is 0 Å². The highest BCUT2D eigenvalue weighted by atomic mass is 35.5. The van der Waals surface area contributed by atoms with Crippen molar-refractivity contribution >= 4 is 27.8 Å². The molecule has 1 aliphatic heterocycles. The van der Waals surface area contributed by atoms with Crippen LogP contribution in [0.4, 0.5) is 4.79 Å². The van der Waals surface area contributed by atoms with E-state index in [9.17, 15) is 17.8 Å². The number of carbonyl (C=O) groups is 1. The van der Waals surface area contributed by atoms with Crippen molar-refractivity contribution in [3.8, 4) is 5.75 Å². The van der Waals surface area contributed by atoms with Crippen LogP contribution in [0.15, 0.2) is 42.1 Å². The monoisotopic (exact) mass is 332 g/mol. The Morgan fingerprint density at radius 2 is 2.00 bits per heavy atom. The summed E-state index contributed by atoms with van der Waals surface area (Å²) in [6, 6.07) is 7.90. The molecule has 0 saturated heterocycles. The van der Waals surface area contributed by atoms with Crippen LogP contribution >= 0.6 is 11.6 Å². The highest BCUT2D eigenvalue weighted by molar-refractivity contribution is 7.86. The molecule has 0 spiro atoms. The first-order valence-electron chi connectivity index (χ1n) is 5.93. The van der Waals surface area contributed by atoms with Crippen LogP contribution in [0.1, 0.15) is 0 Å². The summed E-state index contributed by atoms with van der Waals surface area (Å²) in [5.74, 6) is 0.416. The van der Waals surface area contributed by atoms with Gasteiger partial charge in [-0.3, -0.25) is 4.55 Å². The van der Waals surface area contributed by atoms with Gasteiger partial charge >= 0.3 is 6.03 Å². The van der Waals surface area contributed by atoms with Gasteiger partial charge in [-0.1, -0.05) is 18.2 Å². The first-order chi connectivity index (χ1) is 9.91. The molecule has 1 aliphatic rings. The summed E-state index contributed by atoms with van der Waals surface area (Å²) >= 11 is 5.82. The smallest absolute Gasteiger partial charge is 0.320 e. The maximum Gasteiger partial charge on any atom is 0.320 e. The number of urea groups is 1. The Balaban J connectivity index is 2.28. The van der Waals surface area contributed by atoms with E-state index >= 15 is 0 Å². The minimum absolute atomic E-state index is 0.0652. The number of benzene rings is 1. The second-order valence-corrected chi connectivity index (χ2v) is 6.04. The predicted octanol–water partition coefficient (Wildman–Crippen LogP) is 1.08. The molecule has 114 valence electrons. The van der Waals surface area contributed by atoms with E-state index in [1.165, 1.54) is 6.20 Å². The molecule has 0 bridgehead atoms. The van der Waals surface area contributed by atoms with Gasteiger partial charge in [0.25, 0.3) is 10.1 Å². The molecular weight excluding hydrogens is 320 g/mol. The lowest BCUT2D eigenvalue weighted by molar-refractivity contribution is 0.231. The van der Waals surface area contributed by atoms with Crippen LogP contribution in [0.25, 0.3) is 0 Å². The van der Waals surface area contributed by atoms with Crippen LogP contribution in [-0.2, 0) is 10.1 Å². The van der Waals surface area contributed by atoms with Crippen molar-refractivity contribution < 1.29 is 22.5 Å². The van der Waals surface area contributed by atoms with Gasteiger partial charge in [0.2, 0.25) is 0 Å². The van der Waals surface area contributed by atoms with Crippen LogP contribution in [0, 0.1) is 0 Å². The molecule has 7 nitrogen and oxygen atoms in total. The summed E-state index contributed by atoms with van der Waals surface area (Å²) in [7, 11) is -4.53. The lowest BCUT2D eigenvalue weighted by atomic mass is 10.1. The topological polar surface area (TPSA) is 105 Å². The van der Waals surface area contributed by atoms with E-state index in [1.54, 1.807) is 30.3 Å². The van der Waals surface area contributed by atoms with Crippen LogP contribution in [0.5, 0.6) is 5.75 Å². The molecule has 0 aliphatic carbocycles. The molecular formula is C12H13ClN2O5S. The van der Waals surface area contributed by atoms with Gasteiger partial charge in [-0.25, -0.2) is 4.79 Å². The van der Waals surface area contributed by atoms with Crippen LogP contribution in [0.2, 0.25) is 0 Å². The van der Waals surface area contributed by atoms with Gasteiger partial charge in [-0.05, 0) is 12.1 Å². The zero-order valence-corrected chi connectivity index (χ0v) is 12.3. The quantitative estimate of drug-likeness (QED) is 0.553. The fourth-order valence-electron chi connectivity index (χ4n) is 1.83. The third kappa shape index (κ3) is 3.87. The molecule has 0 aromatic heterocycles. The Kier molecular flexibility index (Phi) is 4.71. The van der Waals surface area contributed by atoms with Gasteiger partial charge in [0.15, 0.2) is 5.37 Å². The van der Waals surface area contributed by atoms with Gasteiger partial charge in [0.05, 0.1) is 5.88 Å². The van der Waals surface area contributed by atoms with Crippen LogP contribution in [0.3, 0.4) is 0 Å². The van der Waals surface area contributed by atoms with Crippen molar-refractivity contribution in [3.05, 3.63) is 42.1 Å². The average molecular weight is 333 g/mol. The Morgan fingerprint density at radius 1 is 1.33 bits per heavy atom. The largest absolute Gasteiger partial charge is 0.485 e. The number of hydrogen-bond donors (Lipinski definition) is 3. The predicted molar refractivity (Wildman–Crippen MR) is 76.7 cm³/mol. The number of alkyl halides is 1. The van der Waals surface area contributed by atoms with Gasteiger partial charge in [-0.15, -0.1) is 11.6 Å². The number of nitrogens with one attached hydrogen (secondary N) is 2. The first-order valence-corrected chi connectivity index (χ1v) is 7.96. The third-order valence-corrected chi connectivity index (χ3v) is 4.03. The molecule has 2 rings (SSSR count). The first kappa shape index (κ1) is 15.6. The Labute approximate surface area is 126 Å². The van der Waals surface area contributed by atoms with E-state index in [2.05, 4.69) is 10.6 Å². The summed E-state index contributed by atoms with van der Waals surface area (Å²) in [4.78, 5) is 11.2. The fourth-order valence-corrected chi connectivity index (χ4v) is 2.89. The molecule has 0 fully saturated rings. The van der Waals surface area contributed by atoms with Crippen molar-refractivity contribution in [2.75, 3.05) is 5.88 Å². The average Bonchev–Trinajstić information content (AvgIpc) is 2.45. The van der Waals surface area contributed by atoms with Crippen molar-refractivity contribution in [3.63, 3.8) is 0 Å². The number of rotatable bonds is 5. The molecule has 1 aromatic rings. The van der Waals surface area contributed by atoms with E-state index in [-0.39, 0.29) is 11.5 Å². The second-order valence-electron chi connectivity index (χ2n) is 4.23. The molecule has 2 unspecified atom stereocenters. The summed E-state index contributed by atoms with van der Waals surface area (Å²) in [5, 5.41) is 2.82. The molecule has 0 radical (unpaired) electrons. The number of amides is 2. The van der Waals surface area contributed by atoms with Crippen LogP contribution in [-0.4, -0.2) is 36.4 Å². The summed E-state index contributed by atoms with van der Waals surface area (Å²) in [6.45, 7) is 0. The summed E-state index contributed by atoms with van der Waals surface area (Å²) < 4.78 is 37.6. The van der Waals surface area contributed by atoms with Crippen LogP contribution < -0.4 is 15.4 Å². The Morgan fingerprint density at radius 3 is 2.57 bits per heavy atom. The van der Waals surface area contributed by atoms with Crippen molar-refractivity contribution in [1.29, 1.82) is 0 Å². The van der Waals surface area contributed by atoms with E-state index in [1.807, 2.05) is 0 Å². The molecule has 1 heterocycles. The molecule has 2 amide bonds. The molecule has 3 N–H and O–H groups in total. The van der Waals surface area contributed by atoms with E-state index in [4.69, 9.17) is 16.3 Å². The zero-order chi connectivity index (χ0) is 15.5. The maximum absolute atomic E-state index is 11.4. The highest BCUT2D eigenvalue weighted by Crippen LogP contribution is 2.21. The molecule has 21 heavy (non-hydrogen) atoms. The SMILES string of the molecule is O=C1NC=C(C(CCl)Oc2ccccc2)C(S(=O)(=O)O)N1. The number of para-hydroxylation sites is 1. The normalized spacial score (nSPS) is 20.0. The number of hydrogen-bond acceptors (Lipinski definition) is 4. The lowest BCUT2D eigenvalue weighted by Crippen LogP contribution is -2.52. The number of ether oxygens (including phenoxy) is 1. The van der Waals surface area contributed by atoms with Gasteiger partial charge in [0, 0.05) is 11.8 Å². The van der Waals surface area contributed by atoms with E-state index in [0.29, 0.717) is 5.75 Å². The van der Waals surface area contributed by atoms with Gasteiger partial charge in [0.1, 0.15) is 11.9 Å². The lowest BCUT2D eigenvalue weighted by Gasteiger charge is -2.28. The minimum Gasteiger partial charge on any atom is -0.485 e. The maximum atomic E-state index is 11.4. The molecule has 2 atom stereocenters. The number of halogens is 1. The van der Waals surface area contributed by atoms with Gasteiger partial charge < -0.3 is 15.4 Å². The van der Waals surface area contributed by atoms with E-state index < -0.39 is 27.6 Å². The summed E-state index contributed by atoms with van der Waals surface area (Å²) in [6.07, 6.45) is 0.335. The standard InChI is InChI=1S/C12H13ClN2O5S/c13-6-10(20-8-4-2-1-3-5-8)9-7-14-12(16)15-11(9)21(17,18)19/h1-5,7,10-11H,6H2,(H2,14,15,16)(H,17,18,19). The molecule has 9 heteroatoms. The summed E-state index contributed by atoms with van der Waals surface area (Å²) in [5.41, 5.74) is 0.107. The van der Waals surface area contributed by atoms with Gasteiger partial charge in [-0.2, -0.15) is 8.42 Å². The van der Waals surface area contributed by atoms with Crippen molar-refractivity contribution in [1.82, 2.24) is 10.6 Å². The van der Waals surface area contributed by atoms with Crippen molar-refractivity contribution in [2.45, 2.75) is 11.5 Å². The zero-order valence-electron chi connectivity index (χ0n) is 10.7. The number of carbonyl (C=O) groups excluding carboxylic acids is 1. The van der Waals surface area contributed by atoms with E-state index in [0.717, 1.165) is 0 Å². The molecule has 1 aromatic carbocycles. The molecule has 0 saturated carbocycles. The minimum atomic E-state index is -4.53. The highest BCUT2D eigenvalue weighted by Gasteiger charge is 2.36. The fraction of sp³-hybridized carbons (Fsp3) is 0.250. The Hall–Kier alpha value is -1.77.